The first-order valence-corrected chi connectivity index (χ1v) is 7.05. The summed E-state index contributed by atoms with van der Waals surface area (Å²) in [5, 5.41) is 12.0. The van der Waals surface area contributed by atoms with Crippen LogP contribution in [0, 0.1) is 17.2 Å². The zero-order chi connectivity index (χ0) is 15.3. The number of nitriles is 1. The molecular formula is C14H24N4O2. The minimum absolute atomic E-state index is 0.0237. The number of hydrogen-bond donors (Lipinski definition) is 1. The van der Waals surface area contributed by atoms with Gasteiger partial charge in [0.25, 0.3) is 0 Å². The average Bonchev–Trinajstić information content (AvgIpc) is 2.78. The number of hydrogen-bond acceptors (Lipinski definition) is 4. The van der Waals surface area contributed by atoms with E-state index in [1.54, 1.807) is 23.9 Å². The number of carbonyl (C=O) groups is 2. The molecule has 1 aliphatic rings. The Morgan fingerprint density at radius 2 is 2.00 bits per heavy atom. The number of carbonyl (C=O) groups excluding carboxylic acids is 2. The van der Waals surface area contributed by atoms with Crippen LogP contribution in [0.1, 0.15) is 26.7 Å². The minimum Gasteiger partial charge on any atom is -0.349 e. The summed E-state index contributed by atoms with van der Waals surface area (Å²) in [5.74, 6) is -0.207. The molecule has 112 valence electrons. The zero-order valence-corrected chi connectivity index (χ0v) is 12.7. The van der Waals surface area contributed by atoms with Gasteiger partial charge in [-0.3, -0.25) is 9.59 Å². The van der Waals surface area contributed by atoms with Crippen molar-refractivity contribution >= 4 is 11.8 Å². The predicted molar refractivity (Wildman–Crippen MR) is 75.7 cm³/mol. The van der Waals surface area contributed by atoms with E-state index in [-0.39, 0.29) is 36.4 Å². The molecule has 0 bridgehead atoms. The first-order chi connectivity index (χ1) is 9.42. The first kappa shape index (κ1) is 16.4. The Labute approximate surface area is 120 Å². The molecule has 1 heterocycles. The third kappa shape index (κ3) is 3.70. The molecule has 0 saturated carbocycles. The lowest BCUT2D eigenvalue weighted by Crippen LogP contribution is -2.45. The molecule has 1 rings (SSSR count). The highest BCUT2D eigenvalue weighted by molar-refractivity contribution is 5.86. The Kier molecular flexibility index (Phi) is 5.96. The summed E-state index contributed by atoms with van der Waals surface area (Å²) in [6.45, 7) is 4.57. The molecule has 0 unspecified atom stereocenters. The fraction of sp³-hybridized carbons (Fsp3) is 0.786. The van der Waals surface area contributed by atoms with Crippen molar-refractivity contribution in [3.63, 3.8) is 0 Å². The summed E-state index contributed by atoms with van der Waals surface area (Å²) in [5.41, 5.74) is 0. The van der Waals surface area contributed by atoms with Crippen molar-refractivity contribution in [3.05, 3.63) is 0 Å². The van der Waals surface area contributed by atoms with Gasteiger partial charge in [-0.25, -0.2) is 0 Å². The molecule has 1 aliphatic heterocycles. The van der Waals surface area contributed by atoms with E-state index < -0.39 is 0 Å². The van der Waals surface area contributed by atoms with Crippen molar-refractivity contribution in [3.8, 4) is 6.07 Å². The molecule has 3 atom stereocenters. The maximum Gasteiger partial charge on any atom is 0.240 e. The van der Waals surface area contributed by atoms with Crippen LogP contribution < -0.4 is 5.32 Å². The molecule has 0 aromatic carbocycles. The predicted octanol–water partition coefficient (Wildman–Crippen LogP) is 0.203. The van der Waals surface area contributed by atoms with Crippen molar-refractivity contribution in [1.29, 1.82) is 5.26 Å². The normalized spacial score (nSPS) is 25.1. The summed E-state index contributed by atoms with van der Waals surface area (Å²) in [7, 11) is 3.45. The van der Waals surface area contributed by atoms with Gasteiger partial charge in [0.15, 0.2) is 0 Å². The van der Waals surface area contributed by atoms with Crippen LogP contribution in [0.3, 0.4) is 0 Å². The number of rotatable bonds is 5. The van der Waals surface area contributed by atoms with E-state index in [9.17, 15) is 9.59 Å². The Balaban J connectivity index is 2.72. The van der Waals surface area contributed by atoms with E-state index in [0.717, 1.165) is 6.42 Å². The van der Waals surface area contributed by atoms with Gasteiger partial charge >= 0.3 is 0 Å². The van der Waals surface area contributed by atoms with Gasteiger partial charge in [0.05, 0.1) is 18.0 Å². The average molecular weight is 280 g/mol. The van der Waals surface area contributed by atoms with Gasteiger partial charge in [-0.15, -0.1) is 0 Å². The second-order valence-electron chi connectivity index (χ2n) is 5.50. The summed E-state index contributed by atoms with van der Waals surface area (Å²) in [4.78, 5) is 27.6. The zero-order valence-electron chi connectivity index (χ0n) is 12.7. The largest absolute Gasteiger partial charge is 0.349 e. The van der Waals surface area contributed by atoms with Gasteiger partial charge in [-0.05, 0) is 19.8 Å². The molecule has 1 saturated heterocycles. The lowest BCUT2D eigenvalue weighted by molar-refractivity contribution is -0.133. The van der Waals surface area contributed by atoms with Crippen molar-refractivity contribution < 1.29 is 9.59 Å². The maximum absolute atomic E-state index is 12.4. The Morgan fingerprint density at radius 1 is 1.35 bits per heavy atom. The highest BCUT2D eigenvalue weighted by Crippen LogP contribution is 2.23. The Bertz CT molecular complexity index is 402. The maximum atomic E-state index is 12.4. The van der Waals surface area contributed by atoms with E-state index in [0.29, 0.717) is 13.0 Å². The molecular weight excluding hydrogens is 256 g/mol. The number of nitrogens with zero attached hydrogens (tertiary/aromatic N) is 3. The minimum atomic E-state index is -0.362. The molecule has 0 aromatic rings. The van der Waals surface area contributed by atoms with Gasteiger partial charge in [0, 0.05) is 26.7 Å². The number of amides is 2. The molecule has 6 heteroatoms. The van der Waals surface area contributed by atoms with Crippen LogP contribution in [-0.2, 0) is 9.59 Å². The first-order valence-electron chi connectivity index (χ1n) is 7.05. The molecule has 6 nitrogen and oxygen atoms in total. The van der Waals surface area contributed by atoms with Crippen LogP contribution in [0.2, 0.25) is 0 Å². The van der Waals surface area contributed by atoms with Crippen LogP contribution >= 0.6 is 0 Å². The van der Waals surface area contributed by atoms with Gasteiger partial charge < -0.3 is 15.1 Å². The fourth-order valence-corrected chi connectivity index (χ4v) is 2.62. The molecule has 2 amide bonds. The van der Waals surface area contributed by atoms with Crippen molar-refractivity contribution in [2.75, 3.05) is 27.2 Å². The summed E-state index contributed by atoms with van der Waals surface area (Å²) in [6.07, 6.45) is 1.32. The van der Waals surface area contributed by atoms with Gasteiger partial charge in [-0.1, -0.05) is 6.92 Å². The van der Waals surface area contributed by atoms with Crippen molar-refractivity contribution in [2.24, 2.45) is 5.92 Å². The summed E-state index contributed by atoms with van der Waals surface area (Å²) < 4.78 is 0. The standard InChI is InChI=1S/C14H24N4O2/c1-5-7-18(8-6-15)14(20)12-9-11(10(2)16-12)13(19)17(3)4/h10-12,16H,5,7-9H2,1-4H3/t10-,11-,12-/m0/s1. The van der Waals surface area contributed by atoms with Gasteiger partial charge in [0.1, 0.15) is 6.54 Å². The van der Waals surface area contributed by atoms with Gasteiger partial charge in [-0.2, -0.15) is 5.26 Å². The van der Waals surface area contributed by atoms with E-state index >= 15 is 0 Å². The van der Waals surface area contributed by atoms with Crippen molar-refractivity contribution in [2.45, 2.75) is 38.8 Å². The van der Waals surface area contributed by atoms with Crippen LogP contribution in [0.5, 0.6) is 0 Å². The highest BCUT2D eigenvalue weighted by Gasteiger charge is 2.40. The third-order valence-corrected chi connectivity index (χ3v) is 3.68. The highest BCUT2D eigenvalue weighted by atomic mass is 16.2. The van der Waals surface area contributed by atoms with E-state index in [1.165, 1.54) is 0 Å². The summed E-state index contributed by atoms with van der Waals surface area (Å²) >= 11 is 0. The molecule has 20 heavy (non-hydrogen) atoms. The second-order valence-corrected chi connectivity index (χ2v) is 5.50. The third-order valence-electron chi connectivity index (χ3n) is 3.68. The molecule has 0 spiro atoms. The lowest BCUT2D eigenvalue weighted by atomic mass is 9.98. The topological polar surface area (TPSA) is 76.4 Å². The van der Waals surface area contributed by atoms with E-state index in [1.807, 2.05) is 19.9 Å². The molecule has 1 N–H and O–H groups in total. The number of nitrogens with one attached hydrogen (secondary N) is 1. The van der Waals surface area contributed by atoms with Gasteiger partial charge in [0.2, 0.25) is 11.8 Å². The quantitative estimate of drug-likeness (QED) is 0.730. The van der Waals surface area contributed by atoms with Crippen LogP contribution in [-0.4, -0.2) is 60.9 Å². The molecule has 0 aliphatic carbocycles. The lowest BCUT2D eigenvalue weighted by Gasteiger charge is -2.22. The van der Waals surface area contributed by atoms with Crippen LogP contribution in [0.4, 0.5) is 0 Å². The summed E-state index contributed by atoms with van der Waals surface area (Å²) in [6, 6.07) is 1.64. The molecule has 0 radical (unpaired) electrons. The Morgan fingerprint density at radius 3 is 2.50 bits per heavy atom. The van der Waals surface area contributed by atoms with Crippen LogP contribution in [0.15, 0.2) is 0 Å². The monoisotopic (exact) mass is 280 g/mol. The SMILES string of the molecule is CCCN(CC#N)C(=O)[C@@H]1C[C@H](C(=O)N(C)C)[C@H](C)N1. The smallest absolute Gasteiger partial charge is 0.240 e. The van der Waals surface area contributed by atoms with Crippen molar-refractivity contribution in [1.82, 2.24) is 15.1 Å². The second kappa shape index (κ2) is 7.25. The molecule has 1 fully saturated rings. The van der Waals surface area contributed by atoms with E-state index in [4.69, 9.17) is 5.26 Å². The Hall–Kier alpha value is -1.61. The fourth-order valence-electron chi connectivity index (χ4n) is 2.62. The van der Waals surface area contributed by atoms with E-state index in [2.05, 4.69) is 5.32 Å². The van der Waals surface area contributed by atoms with Crippen LogP contribution in [0.25, 0.3) is 0 Å². The molecule has 0 aromatic heterocycles.